The molecule has 2 aromatic rings. The molecule has 1 heterocycles. The number of hydrogen-bond donors (Lipinski definition) is 0. The molecule has 0 atom stereocenters. The summed E-state index contributed by atoms with van der Waals surface area (Å²) in [5, 5.41) is 0.974. The molecule has 1 fully saturated rings. The molecule has 1 aliphatic rings. The predicted octanol–water partition coefficient (Wildman–Crippen LogP) is 4.53. The Labute approximate surface area is 202 Å². The van der Waals surface area contributed by atoms with Gasteiger partial charge in [-0.3, -0.25) is 9.59 Å². The van der Waals surface area contributed by atoms with Crippen molar-refractivity contribution in [2.24, 2.45) is 5.92 Å². The molecule has 0 unspecified atom stereocenters. The molecule has 0 N–H and O–H groups in total. The minimum atomic E-state index is -0.664. The molecule has 0 aromatic heterocycles. The maximum Gasteiger partial charge on any atom is 0.342 e. The summed E-state index contributed by atoms with van der Waals surface area (Å²) in [4.78, 5) is 38.5. The highest BCUT2D eigenvalue weighted by atomic mass is 35.5. The van der Waals surface area contributed by atoms with Crippen LogP contribution in [0.4, 0.5) is 0 Å². The molecule has 176 valence electrons. The first-order chi connectivity index (χ1) is 15.9. The highest BCUT2D eigenvalue weighted by molar-refractivity contribution is 6.35. The SMILES string of the molecule is CCOC(=O)C1CCN(C(=O)COC(=O)c2ccccc2OCc2ccc(Cl)cc2Cl)CC1. The van der Waals surface area contributed by atoms with Crippen LogP contribution < -0.4 is 4.74 Å². The molecule has 0 radical (unpaired) electrons. The van der Waals surface area contributed by atoms with Crippen LogP contribution in [-0.2, 0) is 25.7 Å². The van der Waals surface area contributed by atoms with Crippen LogP contribution in [0, 0.1) is 5.92 Å². The average molecular weight is 494 g/mol. The van der Waals surface area contributed by atoms with Crippen LogP contribution in [-0.4, -0.2) is 49.0 Å². The first-order valence-corrected chi connectivity index (χ1v) is 11.4. The van der Waals surface area contributed by atoms with Crippen molar-refractivity contribution in [3.05, 3.63) is 63.6 Å². The highest BCUT2D eigenvalue weighted by Crippen LogP contribution is 2.25. The Kier molecular flexibility index (Phi) is 8.97. The first kappa shape index (κ1) is 24.9. The number of piperidine rings is 1. The van der Waals surface area contributed by atoms with Gasteiger partial charge in [0.05, 0.1) is 12.5 Å². The summed E-state index contributed by atoms with van der Waals surface area (Å²) in [7, 11) is 0. The highest BCUT2D eigenvalue weighted by Gasteiger charge is 2.28. The zero-order valence-corrected chi connectivity index (χ0v) is 19.7. The van der Waals surface area contributed by atoms with Gasteiger partial charge in [0.1, 0.15) is 17.9 Å². The zero-order chi connectivity index (χ0) is 23.8. The van der Waals surface area contributed by atoms with Crippen molar-refractivity contribution in [3.8, 4) is 5.75 Å². The van der Waals surface area contributed by atoms with Crippen LogP contribution in [0.25, 0.3) is 0 Å². The molecule has 1 aliphatic heterocycles. The lowest BCUT2D eigenvalue weighted by Gasteiger charge is -2.30. The number of carbonyl (C=O) groups is 3. The van der Waals surface area contributed by atoms with E-state index < -0.39 is 5.97 Å². The van der Waals surface area contributed by atoms with Gasteiger partial charge in [0.15, 0.2) is 6.61 Å². The van der Waals surface area contributed by atoms with E-state index in [2.05, 4.69) is 0 Å². The zero-order valence-electron chi connectivity index (χ0n) is 18.2. The van der Waals surface area contributed by atoms with Gasteiger partial charge in [0.25, 0.3) is 5.91 Å². The summed E-state index contributed by atoms with van der Waals surface area (Å²) in [6, 6.07) is 11.7. The van der Waals surface area contributed by atoms with Crippen molar-refractivity contribution in [2.75, 3.05) is 26.3 Å². The Bertz CT molecular complexity index is 1000. The monoisotopic (exact) mass is 493 g/mol. The minimum Gasteiger partial charge on any atom is -0.488 e. The van der Waals surface area contributed by atoms with Gasteiger partial charge < -0.3 is 19.1 Å². The van der Waals surface area contributed by atoms with E-state index in [9.17, 15) is 14.4 Å². The number of likely N-dealkylation sites (tertiary alicyclic amines) is 1. The minimum absolute atomic E-state index is 0.134. The van der Waals surface area contributed by atoms with E-state index in [-0.39, 0.29) is 36.6 Å². The molecule has 7 nitrogen and oxygen atoms in total. The summed E-state index contributed by atoms with van der Waals surface area (Å²) in [5.41, 5.74) is 0.919. The van der Waals surface area contributed by atoms with Crippen LogP contribution in [0.2, 0.25) is 10.0 Å². The molecule has 33 heavy (non-hydrogen) atoms. The number of amides is 1. The van der Waals surface area contributed by atoms with E-state index in [0.29, 0.717) is 53.9 Å². The second-order valence-electron chi connectivity index (χ2n) is 7.50. The lowest BCUT2D eigenvalue weighted by atomic mass is 9.97. The molecular formula is C24H25Cl2NO6. The number of rotatable bonds is 8. The van der Waals surface area contributed by atoms with Crippen LogP contribution >= 0.6 is 23.2 Å². The van der Waals surface area contributed by atoms with E-state index in [1.165, 1.54) is 0 Å². The van der Waals surface area contributed by atoms with Gasteiger partial charge >= 0.3 is 11.9 Å². The third-order valence-electron chi connectivity index (χ3n) is 5.30. The third-order valence-corrected chi connectivity index (χ3v) is 5.89. The second-order valence-corrected chi connectivity index (χ2v) is 8.35. The number of nitrogens with zero attached hydrogens (tertiary/aromatic N) is 1. The molecule has 0 spiro atoms. The Balaban J connectivity index is 1.52. The average Bonchev–Trinajstić information content (AvgIpc) is 2.82. The maximum atomic E-state index is 12.6. The molecule has 0 aliphatic carbocycles. The Morgan fingerprint density at radius 1 is 1.03 bits per heavy atom. The molecular weight excluding hydrogens is 469 g/mol. The van der Waals surface area contributed by atoms with Crippen molar-refractivity contribution < 1.29 is 28.6 Å². The molecule has 0 bridgehead atoms. The van der Waals surface area contributed by atoms with E-state index in [1.807, 2.05) is 0 Å². The molecule has 9 heteroatoms. The summed E-state index contributed by atoms with van der Waals surface area (Å²) >= 11 is 12.1. The molecule has 1 saturated heterocycles. The Morgan fingerprint density at radius 2 is 1.76 bits per heavy atom. The first-order valence-electron chi connectivity index (χ1n) is 10.7. The predicted molar refractivity (Wildman–Crippen MR) is 123 cm³/mol. The number of carbonyl (C=O) groups excluding carboxylic acids is 3. The van der Waals surface area contributed by atoms with E-state index >= 15 is 0 Å². The van der Waals surface area contributed by atoms with Gasteiger partial charge in [0, 0.05) is 28.7 Å². The van der Waals surface area contributed by atoms with Crippen LogP contribution in [0.15, 0.2) is 42.5 Å². The number of esters is 2. The standard InChI is InChI=1S/C24H25Cl2NO6/c1-2-31-23(29)16-9-11-27(12-10-16)22(28)15-33-24(30)19-5-3-4-6-21(19)32-14-17-7-8-18(25)13-20(17)26/h3-8,13,16H,2,9-12,14-15H2,1H3. The normalized spacial score (nSPS) is 14.0. The van der Waals surface area contributed by atoms with Gasteiger partial charge in [-0.15, -0.1) is 0 Å². The van der Waals surface area contributed by atoms with Gasteiger partial charge in [-0.2, -0.15) is 0 Å². The van der Waals surface area contributed by atoms with Gasteiger partial charge in [-0.25, -0.2) is 4.79 Å². The van der Waals surface area contributed by atoms with Crippen molar-refractivity contribution in [1.82, 2.24) is 4.90 Å². The van der Waals surface area contributed by atoms with Crippen LogP contribution in [0.1, 0.15) is 35.7 Å². The molecule has 2 aromatic carbocycles. The summed E-state index contributed by atoms with van der Waals surface area (Å²) in [6.45, 7) is 2.69. The van der Waals surface area contributed by atoms with Crippen molar-refractivity contribution in [3.63, 3.8) is 0 Å². The largest absolute Gasteiger partial charge is 0.488 e. The fourth-order valence-corrected chi connectivity index (χ4v) is 3.94. The summed E-state index contributed by atoms with van der Waals surface area (Å²) in [6.07, 6.45) is 1.06. The van der Waals surface area contributed by atoms with E-state index in [4.69, 9.17) is 37.4 Å². The Morgan fingerprint density at radius 3 is 2.45 bits per heavy atom. The van der Waals surface area contributed by atoms with Crippen LogP contribution in [0.3, 0.4) is 0 Å². The maximum absolute atomic E-state index is 12.6. The van der Waals surface area contributed by atoms with Crippen molar-refractivity contribution in [2.45, 2.75) is 26.4 Å². The smallest absolute Gasteiger partial charge is 0.342 e. The number of hydrogen-bond acceptors (Lipinski definition) is 6. The second kappa shape index (κ2) is 11.9. The number of ether oxygens (including phenoxy) is 3. The number of para-hydroxylation sites is 1. The van der Waals surface area contributed by atoms with Crippen LogP contribution in [0.5, 0.6) is 5.75 Å². The van der Waals surface area contributed by atoms with Gasteiger partial charge in [-0.05, 0) is 44.0 Å². The molecule has 1 amide bonds. The summed E-state index contributed by atoms with van der Waals surface area (Å²) < 4.78 is 16.1. The number of halogens is 2. The van der Waals surface area contributed by atoms with Crippen molar-refractivity contribution >= 4 is 41.0 Å². The fourth-order valence-electron chi connectivity index (χ4n) is 3.48. The lowest BCUT2D eigenvalue weighted by Crippen LogP contribution is -2.42. The molecule has 0 saturated carbocycles. The third kappa shape index (κ3) is 6.85. The quantitative estimate of drug-likeness (QED) is 0.502. The van der Waals surface area contributed by atoms with E-state index in [0.717, 1.165) is 0 Å². The van der Waals surface area contributed by atoms with Gasteiger partial charge in [0.2, 0.25) is 0 Å². The lowest BCUT2D eigenvalue weighted by molar-refractivity contribution is -0.151. The van der Waals surface area contributed by atoms with Crippen molar-refractivity contribution in [1.29, 1.82) is 0 Å². The van der Waals surface area contributed by atoms with Gasteiger partial charge in [-0.1, -0.05) is 41.4 Å². The number of benzene rings is 2. The Hall–Kier alpha value is -2.77. The fraction of sp³-hybridized carbons (Fsp3) is 0.375. The van der Waals surface area contributed by atoms with E-state index in [1.54, 1.807) is 54.3 Å². The molecule has 3 rings (SSSR count). The summed E-state index contributed by atoms with van der Waals surface area (Å²) in [5.74, 6) is -1.09. The topological polar surface area (TPSA) is 82.1 Å².